The molecule has 1 fully saturated rings. The number of methoxy groups -OCH3 is 1. The fourth-order valence-electron chi connectivity index (χ4n) is 5.02. The summed E-state index contributed by atoms with van der Waals surface area (Å²) in [6.45, 7) is 7.68. The molecule has 168 valence electrons. The van der Waals surface area contributed by atoms with Crippen LogP contribution in [0, 0.1) is 11.8 Å². The molecular weight excluding hydrogens is 468 g/mol. The van der Waals surface area contributed by atoms with E-state index in [4.69, 9.17) is 9.16 Å². The standard InChI is InChI=1S/C26H35BrO3Si/c1-26(2,3)31(22-10-6-5-7-11-22,24-13-9-8-12-23(24)27)30-19-18-20-14-16-21(17-15-20)25(28)29-4/h5-13,20-21H,14-19H2,1-4H3/t20-,21-,31?. The van der Waals surface area contributed by atoms with E-state index >= 15 is 0 Å². The Morgan fingerprint density at radius 3 is 2.19 bits per heavy atom. The molecular formula is C26H35BrO3Si. The van der Waals surface area contributed by atoms with Crippen molar-refractivity contribution in [2.45, 2.75) is 57.9 Å². The molecule has 1 aliphatic rings. The van der Waals surface area contributed by atoms with Crippen LogP contribution in [0.2, 0.25) is 5.04 Å². The van der Waals surface area contributed by atoms with Gasteiger partial charge in [-0.25, -0.2) is 0 Å². The highest BCUT2D eigenvalue weighted by molar-refractivity contribution is 9.10. The zero-order valence-electron chi connectivity index (χ0n) is 19.2. The molecule has 2 aromatic rings. The molecule has 0 saturated heterocycles. The minimum atomic E-state index is -2.54. The molecule has 0 heterocycles. The fraction of sp³-hybridized carbons (Fsp3) is 0.500. The maximum Gasteiger partial charge on any atom is 0.308 e. The molecule has 0 N–H and O–H groups in total. The van der Waals surface area contributed by atoms with Crippen molar-refractivity contribution in [3.8, 4) is 0 Å². The van der Waals surface area contributed by atoms with Gasteiger partial charge in [-0.3, -0.25) is 4.79 Å². The predicted molar refractivity (Wildman–Crippen MR) is 133 cm³/mol. The molecule has 0 radical (unpaired) electrons. The van der Waals surface area contributed by atoms with Crippen LogP contribution in [0.15, 0.2) is 59.1 Å². The summed E-state index contributed by atoms with van der Waals surface area (Å²) in [4.78, 5) is 11.8. The molecule has 31 heavy (non-hydrogen) atoms. The van der Waals surface area contributed by atoms with Gasteiger partial charge in [0.1, 0.15) is 0 Å². The van der Waals surface area contributed by atoms with Gasteiger partial charge in [-0.05, 0) is 59.5 Å². The number of benzene rings is 2. The average molecular weight is 504 g/mol. The number of hydrogen-bond donors (Lipinski definition) is 0. The van der Waals surface area contributed by atoms with Gasteiger partial charge in [-0.1, -0.05) is 85.2 Å². The Morgan fingerprint density at radius 1 is 1.00 bits per heavy atom. The van der Waals surface area contributed by atoms with E-state index in [1.807, 2.05) is 0 Å². The molecule has 0 spiro atoms. The van der Waals surface area contributed by atoms with E-state index in [1.165, 1.54) is 17.5 Å². The fourth-order valence-corrected chi connectivity index (χ4v) is 10.7. The van der Waals surface area contributed by atoms with Gasteiger partial charge in [0.25, 0.3) is 8.32 Å². The molecule has 3 nitrogen and oxygen atoms in total. The summed E-state index contributed by atoms with van der Waals surface area (Å²) in [6, 6.07) is 19.3. The second-order valence-electron chi connectivity index (χ2n) is 9.66. The summed E-state index contributed by atoms with van der Waals surface area (Å²) in [5, 5.41) is 2.58. The molecule has 2 aromatic carbocycles. The van der Waals surface area contributed by atoms with Crippen LogP contribution < -0.4 is 10.4 Å². The van der Waals surface area contributed by atoms with Crippen molar-refractivity contribution in [2.24, 2.45) is 11.8 Å². The molecule has 0 aromatic heterocycles. The van der Waals surface area contributed by atoms with Crippen LogP contribution in [0.4, 0.5) is 0 Å². The first kappa shape index (κ1) is 24.2. The van der Waals surface area contributed by atoms with E-state index in [2.05, 4.69) is 91.3 Å². The number of halogens is 1. The van der Waals surface area contributed by atoms with Crippen LogP contribution in [-0.4, -0.2) is 28.0 Å². The SMILES string of the molecule is COC(=O)[C@H]1CC[C@H](CCO[Si](c2ccccc2)(c2ccccc2Br)C(C)(C)C)CC1. The van der Waals surface area contributed by atoms with Gasteiger partial charge < -0.3 is 9.16 Å². The van der Waals surface area contributed by atoms with Crippen molar-refractivity contribution in [1.82, 2.24) is 0 Å². The smallest absolute Gasteiger partial charge is 0.308 e. The molecule has 0 amide bonds. The van der Waals surface area contributed by atoms with Gasteiger partial charge in [0.05, 0.1) is 13.0 Å². The van der Waals surface area contributed by atoms with Crippen LogP contribution in [-0.2, 0) is 14.0 Å². The Morgan fingerprint density at radius 2 is 1.61 bits per heavy atom. The maximum absolute atomic E-state index is 11.8. The van der Waals surface area contributed by atoms with Gasteiger partial charge in [-0.15, -0.1) is 0 Å². The molecule has 1 unspecified atom stereocenters. The van der Waals surface area contributed by atoms with E-state index in [0.717, 1.165) is 43.2 Å². The largest absolute Gasteiger partial charge is 0.469 e. The zero-order valence-corrected chi connectivity index (χ0v) is 21.8. The highest BCUT2D eigenvalue weighted by atomic mass is 79.9. The van der Waals surface area contributed by atoms with Crippen molar-refractivity contribution in [3.05, 3.63) is 59.1 Å². The Bertz CT molecular complexity index is 856. The third kappa shape index (κ3) is 5.32. The summed E-state index contributed by atoms with van der Waals surface area (Å²) in [5.74, 6) is 0.643. The van der Waals surface area contributed by atoms with E-state index in [9.17, 15) is 4.79 Å². The minimum Gasteiger partial charge on any atom is -0.469 e. The average Bonchev–Trinajstić information content (AvgIpc) is 2.77. The van der Waals surface area contributed by atoms with Crippen molar-refractivity contribution < 1.29 is 14.0 Å². The van der Waals surface area contributed by atoms with Crippen molar-refractivity contribution >= 4 is 40.6 Å². The Labute approximate surface area is 196 Å². The predicted octanol–water partition coefficient (Wildman–Crippen LogP) is 5.70. The van der Waals surface area contributed by atoms with Crippen LogP contribution in [0.3, 0.4) is 0 Å². The summed E-state index contributed by atoms with van der Waals surface area (Å²) in [7, 11) is -1.05. The van der Waals surface area contributed by atoms with Gasteiger partial charge in [0, 0.05) is 11.1 Å². The maximum atomic E-state index is 11.8. The third-order valence-electron chi connectivity index (χ3n) is 6.72. The number of ether oxygens (including phenoxy) is 1. The molecule has 1 atom stereocenters. The Kier molecular flexibility index (Phi) is 8.17. The van der Waals surface area contributed by atoms with Gasteiger partial charge >= 0.3 is 5.97 Å². The number of rotatable bonds is 7. The summed E-state index contributed by atoms with van der Waals surface area (Å²) in [5.41, 5.74) is 0. The van der Waals surface area contributed by atoms with E-state index in [1.54, 1.807) is 0 Å². The minimum absolute atomic E-state index is 0.0270. The molecule has 1 saturated carbocycles. The second-order valence-corrected chi connectivity index (χ2v) is 14.8. The molecule has 3 rings (SSSR count). The van der Waals surface area contributed by atoms with Crippen LogP contribution in [0.1, 0.15) is 52.9 Å². The first-order valence-electron chi connectivity index (χ1n) is 11.3. The lowest BCUT2D eigenvalue weighted by atomic mass is 9.81. The van der Waals surface area contributed by atoms with Crippen molar-refractivity contribution in [1.29, 1.82) is 0 Å². The van der Waals surface area contributed by atoms with Crippen molar-refractivity contribution in [3.63, 3.8) is 0 Å². The summed E-state index contributed by atoms with van der Waals surface area (Å²) >= 11 is 3.83. The molecule has 0 aliphatic heterocycles. The highest BCUT2D eigenvalue weighted by Crippen LogP contribution is 2.39. The van der Waals surface area contributed by atoms with Gasteiger partial charge in [0.15, 0.2) is 0 Å². The lowest BCUT2D eigenvalue weighted by molar-refractivity contribution is -0.146. The lowest BCUT2D eigenvalue weighted by Crippen LogP contribution is -2.67. The summed E-state index contributed by atoms with van der Waals surface area (Å²) < 4.78 is 13.1. The van der Waals surface area contributed by atoms with Gasteiger partial charge in [0.2, 0.25) is 0 Å². The Balaban J connectivity index is 1.82. The van der Waals surface area contributed by atoms with Crippen LogP contribution >= 0.6 is 15.9 Å². The zero-order chi connectivity index (χ0) is 22.5. The number of esters is 1. The van der Waals surface area contributed by atoms with Crippen molar-refractivity contribution in [2.75, 3.05) is 13.7 Å². The molecule has 1 aliphatic carbocycles. The number of carbonyl (C=O) groups excluding carboxylic acids is 1. The number of carbonyl (C=O) groups is 1. The topological polar surface area (TPSA) is 35.5 Å². The van der Waals surface area contributed by atoms with Crippen LogP contribution in [0.5, 0.6) is 0 Å². The first-order valence-corrected chi connectivity index (χ1v) is 14.0. The van der Waals surface area contributed by atoms with Crippen LogP contribution in [0.25, 0.3) is 0 Å². The lowest BCUT2D eigenvalue weighted by Gasteiger charge is -2.43. The molecule has 0 bridgehead atoms. The van der Waals surface area contributed by atoms with E-state index in [0.29, 0.717) is 5.92 Å². The second kappa shape index (κ2) is 10.5. The molecule has 5 heteroatoms. The number of hydrogen-bond acceptors (Lipinski definition) is 3. The first-order chi connectivity index (χ1) is 14.8. The monoisotopic (exact) mass is 502 g/mol. The Hall–Kier alpha value is -1.43. The third-order valence-corrected chi connectivity index (χ3v) is 12.9. The normalized spacial score (nSPS) is 21.3. The quantitative estimate of drug-likeness (QED) is 0.360. The highest BCUT2D eigenvalue weighted by Gasteiger charge is 2.51. The summed E-state index contributed by atoms with van der Waals surface area (Å²) in [6.07, 6.45) is 5.06. The van der Waals surface area contributed by atoms with E-state index in [-0.39, 0.29) is 16.9 Å². The van der Waals surface area contributed by atoms with E-state index < -0.39 is 8.32 Å². The van der Waals surface area contributed by atoms with Gasteiger partial charge in [-0.2, -0.15) is 0 Å².